The van der Waals surface area contributed by atoms with Crippen LogP contribution in [-0.4, -0.2) is 42.1 Å². The molecule has 7 nitrogen and oxygen atoms in total. The fourth-order valence-electron chi connectivity index (χ4n) is 2.86. The number of aliphatic carboxylic acids is 1. The van der Waals surface area contributed by atoms with E-state index in [4.69, 9.17) is 4.74 Å². The Labute approximate surface area is 159 Å². The first-order valence-corrected chi connectivity index (χ1v) is 9.17. The summed E-state index contributed by atoms with van der Waals surface area (Å²) in [6.45, 7) is 6.85. The standard InChI is InChI=1S/C20H28N2O5/c1-20(2,3)19(26)21-11-13-6-8-14(9-7-13)17(23)22-16(18(24)25)15-5-4-10-27-12-15/h6-9,15-16H,4-5,10-12H2,1-3H3,(H,21,26)(H,22,23)(H,24,25). The van der Waals surface area contributed by atoms with Gasteiger partial charge in [-0.25, -0.2) is 4.79 Å². The predicted octanol–water partition coefficient (Wildman–Crippen LogP) is 1.96. The number of hydrogen-bond acceptors (Lipinski definition) is 4. The van der Waals surface area contributed by atoms with E-state index >= 15 is 0 Å². The van der Waals surface area contributed by atoms with Gasteiger partial charge >= 0.3 is 5.97 Å². The van der Waals surface area contributed by atoms with E-state index in [1.807, 2.05) is 20.8 Å². The second-order valence-electron chi connectivity index (χ2n) is 7.90. The number of ether oxygens (including phenoxy) is 1. The van der Waals surface area contributed by atoms with Crippen LogP contribution in [0.5, 0.6) is 0 Å². The third-order valence-corrected chi connectivity index (χ3v) is 4.57. The number of carbonyl (C=O) groups excluding carboxylic acids is 2. The molecule has 0 saturated carbocycles. The van der Waals surface area contributed by atoms with Gasteiger partial charge in [0, 0.05) is 30.0 Å². The lowest BCUT2D eigenvalue weighted by atomic mass is 9.93. The Morgan fingerprint density at radius 3 is 2.41 bits per heavy atom. The lowest BCUT2D eigenvalue weighted by Crippen LogP contribution is -2.48. The summed E-state index contributed by atoms with van der Waals surface area (Å²) in [7, 11) is 0. The summed E-state index contributed by atoms with van der Waals surface area (Å²) in [5, 5.41) is 14.9. The highest BCUT2D eigenvalue weighted by atomic mass is 16.5. The van der Waals surface area contributed by atoms with Crippen LogP contribution in [-0.2, 0) is 20.9 Å². The summed E-state index contributed by atoms with van der Waals surface area (Å²) in [5.41, 5.74) is 0.776. The van der Waals surface area contributed by atoms with Crippen molar-refractivity contribution in [2.45, 2.75) is 46.2 Å². The molecule has 27 heavy (non-hydrogen) atoms. The van der Waals surface area contributed by atoms with Gasteiger partial charge in [-0.05, 0) is 30.5 Å². The molecule has 1 aromatic rings. The lowest BCUT2D eigenvalue weighted by molar-refractivity contribution is -0.142. The number of carboxylic acid groups (broad SMARTS) is 1. The fourth-order valence-corrected chi connectivity index (χ4v) is 2.86. The first kappa shape index (κ1) is 20.9. The number of carbonyl (C=O) groups is 3. The highest BCUT2D eigenvalue weighted by Gasteiger charge is 2.31. The van der Waals surface area contributed by atoms with E-state index in [1.165, 1.54) is 0 Å². The molecular weight excluding hydrogens is 348 g/mol. The average Bonchev–Trinajstić information content (AvgIpc) is 2.64. The summed E-state index contributed by atoms with van der Waals surface area (Å²) >= 11 is 0. The molecule has 0 aliphatic carbocycles. The smallest absolute Gasteiger partial charge is 0.326 e. The summed E-state index contributed by atoms with van der Waals surface area (Å²) in [4.78, 5) is 35.9. The van der Waals surface area contributed by atoms with Crippen LogP contribution >= 0.6 is 0 Å². The van der Waals surface area contributed by atoms with E-state index in [0.29, 0.717) is 31.7 Å². The third kappa shape index (κ3) is 6.06. The van der Waals surface area contributed by atoms with Gasteiger partial charge in [0.2, 0.25) is 5.91 Å². The minimum atomic E-state index is -1.06. The molecular formula is C20H28N2O5. The Balaban J connectivity index is 1.95. The number of nitrogens with one attached hydrogen (secondary N) is 2. The van der Waals surface area contributed by atoms with Crippen LogP contribution in [0.3, 0.4) is 0 Å². The van der Waals surface area contributed by atoms with Gasteiger partial charge in [-0.15, -0.1) is 0 Å². The van der Waals surface area contributed by atoms with Crippen LogP contribution < -0.4 is 10.6 Å². The Morgan fingerprint density at radius 2 is 1.89 bits per heavy atom. The van der Waals surface area contributed by atoms with E-state index < -0.39 is 23.3 Å². The molecule has 7 heteroatoms. The average molecular weight is 376 g/mol. The van der Waals surface area contributed by atoms with Gasteiger partial charge in [0.1, 0.15) is 6.04 Å². The zero-order valence-corrected chi connectivity index (χ0v) is 16.1. The first-order chi connectivity index (χ1) is 12.7. The molecule has 1 saturated heterocycles. The van der Waals surface area contributed by atoms with Crippen molar-refractivity contribution >= 4 is 17.8 Å². The quantitative estimate of drug-likeness (QED) is 0.704. The van der Waals surface area contributed by atoms with Gasteiger partial charge in [-0.1, -0.05) is 32.9 Å². The van der Waals surface area contributed by atoms with Gasteiger partial charge in [0.25, 0.3) is 5.91 Å². The highest BCUT2D eigenvalue weighted by molar-refractivity contribution is 5.96. The summed E-state index contributed by atoms with van der Waals surface area (Å²) in [5.74, 6) is -1.77. The maximum Gasteiger partial charge on any atom is 0.326 e. The molecule has 2 amide bonds. The van der Waals surface area contributed by atoms with Crippen molar-refractivity contribution in [3.8, 4) is 0 Å². The number of amides is 2. The van der Waals surface area contributed by atoms with Gasteiger partial charge in [-0.3, -0.25) is 9.59 Å². The van der Waals surface area contributed by atoms with Gasteiger partial charge in [0.05, 0.1) is 6.61 Å². The SMILES string of the molecule is CC(C)(C)C(=O)NCc1ccc(C(=O)NC(C(=O)O)C2CCCOC2)cc1. The Kier molecular flexibility index (Phi) is 6.96. The van der Waals surface area contributed by atoms with Crippen molar-refractivity contribution in [2.75, 3.05) is 13.2 Å². The number of carboxylic acids is 1. The molecule has 0 aromatic heterocycles. The molecule has 1 aliphatic rings. The van der Waals surface area contributed by atoms with E-state index in [1.54, 1.807) is 24.3 Å². The summed E-state index contributed by atoms with van der Waals surface area (Å²) in [6, 6.07) is 5.78. The summed E-state index contributed by atoms with van der Waals surface area (Å²) < 4.78 is 5.34. The number of benzene rings is 1. The molecule has 1 aliphatic heterocycles. The van der Waals surface area contributed by atoms with E-state index in [9.17, 15) is 19.5 Å². The van der Waals surface area contributed by atoms with Crippen LogP contribution in [0.1, 0.15) is 49.5 Å². The molecule has 148 valence electrons. The summed E-state index contributed by atoms with van der Waals surface area (Å²) in [6.07, 6.45) is 1.50. The molecule has 1 aromatic carbocycles. The van der Waals surface area contributed by atoms with Crippen molar-refractivity contribution in [3.63, 3.8) is 0 Å². The highest BCUT2D eigenvalue weighted by Crippen LogP contribution is 2.18. The van der Waals surface area contributed by atoms with Crippen molar-refractivity contribution in [3.05, 3.63) is 35.4 Å². The van der Waals surface area contributed by atoms with Gasteiger partial charge < -0.3 is 20.5 Å². The van der Waals surface area contributed by atoms with Gasteiger partial charge in [0.15, 0.2) is 0 Å². The molecule has 0 bridgehead atoms. The molecule has 1 heterocycles. The Hall–Kier alpha value is -2.41. The fraction of sp³-hybridized carbons (Fsp3) is 0.550. The third-order valence-electron chi connectivity index (χ3n) is 4.57. The normalized spacial score (nSPS) is 18.4. The zero-order valence-electron chi connectivity index (χ0n) is 16.1. The van der Waals surface area contributed by atoms with E-state index in [2.05, 4.69) is 10.6 Å². The molecule has 0 spiro atoms. The first-order valence-electron chi connectivity index (χ1n) is 9.17. The van der Waals surface area contributed by atoms with Crippen molar-refractivity contribution in [1.82, 2.24) is 10.6 Å². The zero-order chi connectivity index (χ0) is 20.0. The van der Waals surface area contributed by atoms with Crippen LogP contribution in [0, 0.1) is 11.3 Å². The van der Waals surface area contributed by atoms with Crippen LogP contribution in [0.4, 0.5) is 0 Å². The number of hydrogen-bond donors (Lipinski definition) is 3. The Bertz CT molecular complexity index is 673. The van der Waals surface area contributed by atoms with Crippen LogP contribution in [0.15, 0.2) is 24.3 Å². The minimum absolute atomic E-state index is 0.0525. The topological polar surface area (TPSA) is 105 Å². The molecule has 2 unspecified atom stereocenters. The lowest BCUT2D eigenvalue weighted by Gasteiger charge is -2.28. The maximum atomic E-state index is 12.4. The van der Waals surface area contributed by atoms with Crippen molar-refractivity contribution < 1.29 is 24.2 Å². The molecule has 2 rings (SSSR count). The molecule has 2 atom stereocenters. The Morgan fingerprint density at radius 1 is 1.22 bits per heavy atom. The van der Waals surface area contributed by atoms with Crippen LogP contribution in [0.2, 0.25) is 0 Å². The molecule has 0 radical (unpaired) electrons. The maximum absolute atomic E-state index is 12.4. The largest absolute Gasteiger partial charge is 0.480 e. The number of rotatable bonds is 6. The second-order valence-corrected chi connectivity index (χ2v) is 7.90. The van der Waals surface area contributed by atoms with Crippen molar-refractivity contribution in [2.24, 2.45) is 11.3 Å². The second kappa shape index (κ2) is 8.99. The predicted molar refractivity (Wildman–Crippen MR) is 100 cm³/mol. The molecule has 1 fully saturated rings. The minimum Gasteiger partial charge on any atom is -0.480 e. The molecule has 3 N–H and O–H groups in total. The van der Waals surface area contributed by atoms with E-state index in [0.717, 1.165) is 12.0 Å². The van der Waals surface area contributed by atoms with E-state index in [-0.39, 0.29) is 11.8 Å². The monoisotopic (exact) mass is 376 g/mol. The van der Waals surface area contributed by atoms with Crippen molar-refractivity contribution in [1.29, 1.82) is 0 Å². The van der Waals surface area contributed by atoms with Gasteiger partial charge in [-0.2, -0.15) is 0 Å². The van der Waals surface area contributed by atoms with Crippen LogP contribution in [0.25, 0.3) is 0 Å².